The molecule has 0 saturated carbocycles. The molecule has 4 rings (SSSR count). The standard InChI is InChI=1S/C44H59N3O11/c1-13-32-15-17-33(18-16-32)24-46(11)34-21-28(5)54-41(38(34)55-31(8)48)57-39-29(6)37(50)30(7)40(51)56-35(14-2)43(9,58-42(52)47-20-19-45-25-47)22-26(3)36(49)27(4)23-44(39,10)53-12/h1,15-20,22,25,27-30,34-35,38-39,41H,14,21,23-24H2,2-12H3/b26-22+/t27-,28-,29+,30-,34+,35-,38-,39-,41+,43+,44-/m1/s1. The summed E-state index contributed by atoms with van der Waals surface area (Å²) in [7, 11) is 3.38. The van der Waals surface area contributed by atoms with E-state index in [1.165, 1.54) is 45.8 Å². The Kier molecular flexibility index (Phi) is 15.4. The van der Waals surface area contributed by atoms with E-state index in [0.29, 0.717) is 13.0 Å². The van der Waals surface area contributed by atoms with Crippen LogP contribution in [0.25, 0.3) is 0 Å². The summed E-state index contributed by atoms with van der Waals surface area (Å²) in [4.78, 5) is 74.4. The molecule has 3 heterocycles. The molecule has 2 aliphatic heterocycles. The van der Waals surface area contributed by atoms with Crippen molar-refractivity contribution in [1.82, 2.24) is 14.5 Å². The zero-order chi connectivity index (χ0) is 43.1. The summed E-state index contributed by atoms with van der Waals surface area (Å²) in [5.74, 6) is -2.65. The minimum Gasteiger partial charge on any atom is -0.457 e. The van der Waals surface area contributed by atoms with E-state index in [0.717, 1.165) is 15.7 Å². The molecule has 316 valence electrons. The van der Waals surface area contributed by atoms with Gasteiger partial charge in [0.25, 0.3) is 0 Å². The number of ether oxygens (including phenoxy) is 6. The van der Waals surface area contributed by atoms with Crippen LogP contribution in [-0.2, 0) is 54.1 Å². The van der Waals surface area contributed by atoms with Gasteiger partial charge in [-0.3, -0.25) is 24.1 Å². The average molecular weight is 806 g/mol. The second kappa shape index (κ2) is 19.4. The van der Waals surface area contributed by atoms with Crippen LogP contribution >= 0.6 is 0 Å². The molecular formula is C44H59N3O11. The number of cyclic esters (lactones) is 1. The van der Waals surface area contributed by atoms with E-state index in [4.69, 9.17) is 34.8 Å². The third-order valence-electron chi connectivity index (χ3n) is 11.4. The first-order chi connectivity index (χ1) is 27.3. The van der Waals surface area contributed by atoms with Crippen LogP contribution in [0.3, 0.4) is 0 Å². The highest BCUT2D eigenvalue weighted by Crippen LogP contribution is 2.38. The number of allylic oxidation sites excluding steroid dienone is 1. The number of imidazole rings is 1. The second-order valence-corrected chi connectivity index (χ2v) is 16.1. The number of esters is 2. The van der Waals surface area contributed by atoms with E-state index in [2.05, 4.69) is 15.8 Å². The Hall–Kier alpha value is -4.68. The molecule has 0 spiro atoms. The van der Waals surface area contributed by atoms with Crippen LogP contribution in [0, 0.1) is 30.1 Å². The predicted molar refractivity (Wildman–Crippen MR) is 213 cm³/mol. The second-order valence-electron chi connectivity index (χ2n) is 16.1. The Morgan fingerprint density at radius 2 is 1.78 bits per heavy atom. The number of ketones is 2. The number of terminal acetylenes is 1. The number of benzene rings is 1. The monoisotopic (exact) mass is 805 g/mol. The maximum absolute atomic E-state index is 14.5. The van der Waals surface area contributed by atoms with Gasteiger partial charge in [0.2, 0.25) is 0 Å². The molecule has 0 bridgehead atoms. The fraction of sp³-hybridized carbons (Fsp3) is 0.591. The third-order valence-corrected chi connectivity index (χ3v) is 11.4. The van der Waals surface area contributed by atoms with Gasteiger partial charge in [-0.25, -0.2) is 14.3 Å². The van der Waals surface area contributed by atoms with Crippen molar-refractivity contribution < 1.29 is 52.4 Å². The molecule has 1 fully saturated rings. The lowest BCUT2D eigenvalue weighted by Crippen LogP contribution is -2.60. The lowest BCUT2D eigenvalue weighted by Gasteiger charge is -2.48. The number of carbonyl (C=O) groups excluding carboxylic acids is 5. The molecule has 0 N–H and O–H groups in total. The first-order valence-electron chi connectivity index (χ1n) is 19.8. The summed E-state index contributed by atoms with van der Waals surface area (Å²) in [5, 5.41) is 0. The lowest BCUT2D eigenvalue weighted by atomic mass is 9.77. The first-order valence-corrected chi connectivity index (χ1v) is 19.8. The average Bonchev–Trinajstić information content (AvgIpc) is 3.74. The number of Topliss-reactive ketones (excluding diaryl/α,β-unsaturated/α-hetero) is 2. The number of carbonyl (C=O) groups is 5. The molecular weight excluding hydrogens is 746 g/mol. The van der Waals surface area contributed by atoms with Gasteiger partial charge >= 0.3 is 18.0 Å². The first kappa shape index (κ1) is 46.0. The van der Waals surface area contributed by atoms with Crippen molar-refractivity contribution in [3.05, 3.63) is 65.8 Å². The lowest BCUT2D eigenvalue weighted by molar-refractivity contribution is -0.298. The summed E-state index contributed by atoms with van der Waals surface area (Å²) in [6.07, 6.45) is 6.38. The third kappa shape index (κ3) is 10.7. The maximum Gasteiger partial charge on any atom is 0.420 e. The maximum atomic E-state index is 14.5. The molecule has 0 aliphatic carbocycles. The molecule has 2 aromatic rings. The number of hydrogen-bond acceptors (Lipinski definition) is 13. The van der Waals surface area contributed by atoms with Gasteiger partial charge in [-0.05, 0) is 90.3 Å². The number of aromatic nitrogens is 2. The van der Waals surface area contributed by atoms with Gasteiger partial charge in [0.15, 0.2) is 29.6 Å². The van der Waals surface area contributed by atoms with E-state index >= 15 is 0 Å². The zero-order valence-corrected chi connectivity index (χ0v) is 35.6. The number of rotatable bonds is 9. The van der Waals surface area contributed by atoms with Gasteiger partial charge < -0.3 is 28.4 Å². The molecule has 1 aromatic carbocycles. The van der Waals surface area contributed by atoms with E-state index in [1.54, 1.807) is 41.5 Å². The Morgan fingerprint density at radius 3 is 2.34 bits per heavy atom. The molecule has 1 saturated heterocycles. The molecule has 0 amide bonds. The summed E-state index contributed by atoms with van der Waals surface area (Å²) in [5.41, 5.74) is -0.956. The molecule has 0 radical (unpaired) electrons. The summed E-state index contributed by atoms with van der Waals surface area (Å²) >= 11 is 0. The van der Waals surface area contributed by atoms with Crippen LogP contribution in [0.2, 0.25) is 0 Å². The van der Waals surface area contributed by atoms with E-state index in [1.807, 2.05) is 38.2 Å². The molecule has 1 aromatic heterocycles. The summed E-state index contributed by atoms with van der Waals surface area (Å²) in [6.45, 7) is 15.1. The van der Waals surface area contributed by atoms with Crippen LogP contribution in [0.5, 0.6) is 0 Å². The van der Waals surface area contributed by atoms with E-state index in [9.17, 15) is 24.0 Å². The Labute approximate surface area is 341 Å². The van der Waals surface area contributed by atoms with Crippen LogP contribution in [0.4, 0.5) is 4.79 Å². The van der Waals surface area contributed by atoms with Gasteiger partial charge in [0.1, 0.15) is 18.3 Å². The van der Waals surface area contributed by atoms with Gasteiger partial charge in [0.05, 0.1) is 23.9 Å². The Morgan fingerprint density at radius 1 is 1.10 bits per heavy atom. The van der Waals surface area contributed by atoms with Crippen LogP contribution in [0.15, 0.2) is 54.6 Å². The van der Waals surface area contributed by atoms with Crippen molar-refractivity contribution >= 4 is 29.6 Å². The predicted octanol–water partition coefficient (Wildman–Crippen LogP) is 5.68. The quantitative estimate of drug-likeness (QED) is 0.132. The topological polar surface area (TPSA) is 162 Å². The highest BCUT2D eigenvalue weighted by Gasteiger charge is 2.51. The van der Waals surface area contributed by atoms with Crippen LogP contribution < -0.4 is 0 Å². The Balaban J connectivity index is 1.76. The fourth-order valence-corrected chi connectivity index (χ4v) is 8.14. The summed E-state index contributed by atoms with van der Waals surface area (Å²) in [6, 6.07) is 7.23. The van der Waals surface area contributed by atoms with Crippen molar-refractivity contribution in [3.8, 4) is 12.3 Å². The molecule has 58 heavy (non-hydrogen) atoms. The largest absolute Gasteiger partial charge is 0.457 e. The van der Waals surface area contributed by atoms with E-state index in [-0.39, 0.29) is 36.3 Å². The minimum atomic E-state index is -1.62. The van der Waals surface area contributed by atoms with Gasteiger partial charge in [-0.1, -0.05) is 38.8 Å². The molecule has 14 nitrogen and oxygen atoms in total. The van der Waals surface area contributed by atoms with Crippen molar-refractivity contribution in [1.29, 1.82) is 0 Å². The smallest absolute Gasteiger partial charge is 0.420 e. The van der Waals surface area contributed by atoms with Crippen molar-refractivity contribution in [3.63, 3.8) is 0 Å². The molecule has 14 heteroatoms. The van der Waals surface area contributed by atoms with Gasteiger partial charge in [0, 0.05) is 50.4 Å². The zero-order valence-electron chi connectivity index (χ0n) is 35.6. The fourth-order valence-electron chi connectivity index (χ4n) is 8.14. The normalized spacial score (nSPS) is 33.6. The van der Waals surface area contributed by atoms with Crippen molar-refractivity contribution in [2.24, 2.45) is 17.8 Å². The van der Waals surface area contributed by atoms with Crippen molar-refractivity contribution in [2.45, 2.75) is 136 Å². The van der Waals surface area contributed by atoms with Crippen LogP contribution in [-0.4, -0.2) is 106 Å². The minimum absolute atomic E-state index is 0.0643. The Bertz CT molecular complexity index is 1850. The van der Waals surface area contributed by atoms with Crippen LogP contribution in [0.1, 0.15) is 92.7 Å². The number of hydrogen-bond donors (Lipinski definition) is 0. The van der Waals surface area contributed by atoms with E-state index < -0.39 is 77.4 Å². The molecule has 0 unspecified atom stereocenters. The number of methoxy groups -OCH3 is 1. The highest BCUT2D eigenvalue weighted by molar-refractivity contribution is 6.00. The number of likely N-dealkylation sites (N-methyl/N-ethyl adjacent to an activating group) is 1. The SMILES string of the molecule is C#Cc1ccc(CN(C)[C@H]2C[C@@H](C)O[C@@H](O[C@@H]3[C@@H](C)C(=O)[C@@H](C)C(=O)O[C@H](CC)[C@@](C)(OC(=O)n4ccnc4)/C=C(\C)C(=O)[C@H](C)C[C@@]3(C)OC)[C@@H]2OC(C)=O)cc1. The summed E-state index contributed by atoms with van der Waals surface area (Å²) < 4.78 is 38.4. The van der Waals surface area contributed by atoms with Gasteiger partial charge in [-0.15, -0.1) is 6.42 Å². The van der Waals surface area contributed by atoms with Gasteiger partial charge in [-0.2, -0.15) is 0 Å². The molecule has 2 aliphatic rings. The molecule has 11 atom stereocenters. The van der Waals surface area contributed by atoms with Crippen molar-refractivity contribution in [2.75, 3.05) is 14.2 Å². The number of nitrogens with zero attached hydrogens (tertiary/aromatic N) is 3. The highest BCUT2D eigenvalue weighted by atomic mass is 16.7.